The van der Waals surface area contributed by atoms with Crippen LogP contribution in [-0.4, -0.2) is 17.8 Å². The maximum Gasteiger partial charge on any atom is 0.279 e. The van der Waals surface area contributed by atoms with Gasteiger partial charge >= 0.3 is 0 Å². The summed E-state index contributed by atoms with van der Waals surface area (Å²) >= 11 is 0. The highest BCUT2D eigenvalue weighted by Crippen LogP contribution is 2.24. The van der Waals surface area contributed by atoms with Crippen molar-refractivity contribution < 1.29 is 8.42 Å². The lowest BCUT2D eigenvalue weighted by atomic mass is 10.2. The standard InChI is InChI=1S/C11H13ClN2O2S/c1-3-8-6-5-7-14-10(8)13-9(4-2)11(14)17(12,15)16/h5-7H,3-4H2,1-2H3. The fraction of sp³-hybridized carbons (Fsp3) is 0.364. The maximum atomic E-state index is 11.6. The summed E-state index contributed by atoms with van der Waals surface area (Å²) in [5.74, 6) is 0. The predicted octanol–water partition coefficient (Wildman–Crippen LogP) is 2.39. The predicted molar refractivity (Wildman–Crippen MR) is 67.0 cm³/mol. The van der Waals surface area contributed by atoms with Crippen molar-refractivity contribution >= 4 is 25.4 Å². The molecule has 92 valence electrons. The van der Waals surface area contributed by atoms with E-state index in [1.54, 1.807) is 16.7 Å². The zero-order valence-corrected chi connectivity index (χ0v) is 11.2. The third kappa shape index (κ3) is 2.05. The summed E-state index contributed by atoms with van der Waals surface area (Å²) in [6.45, 7) is 3.86. The van der Waals surface area contributed by atoms with Crippen LogP contribution in [0.1, 0.15) is 25.1 Å². The minimum atomic E-state index is -3.78. The molecule has 0 fully saturated rings. The van der Waals surface area contributed by atoms with Crippen LogP contribution >= 0.6 is 10.7 Å². The summed E-state index contributed by atoms with van der Waals surface area (Å²) in [4.78, 5) is 4.37. The monoisotopic (exact) mass is 272 g/mol. The number of nitrogens with zero attached hydrogens (tertiary/aromatic N) is 2. The lowest BCUT2D eigenvalue weighted by Gasteiger charge is -2.01. The number of aromatic nitrogens is 2. The maximum absolute atomic E-state index is 11.6. The highest BCUT2D eigenvalue weighted by atomic mass is 35.7. The van der Waals surface area contributed by atoms with Crippen LogP contribution in [0.25, 0.3) is 5.65 Å². The topological polar surface area (TPSA) is 51.4 Å². The fourth-order valence-corrected chi connectivity index (χ4v) is 3.26. The van der Waals surface area contributed by atoms with Gasteiger partial charge in [-0.1, -0.05) is 19.9 Å². The average molecular weight is 273 g/mol. The number of fused-ring (bicyclic) bond motifs is 1. The number of imidazole rings is 1. The van der Waals surface area contributed by atoms with Crippen LogP contribution in [0.4, 0.5) is 0 Å². The van der Waals surface area contributed by atoms with Gasteiger partial charge in [-0.15, -0.1) is 0 Å². The van der Waals surface area contributed by atoms with Crippen molar-refractivity contribution in [2.75, 3.05) is 0 Å². The van der Waals surface area contributed by atoms with E-state index in [9.17, 15) is 8.42 Å². The van der Waals surface area contributed by atoms with Crippen molar-refractivity contribution in [2.45, 2.75) is 31.7 Å². The Kier molecular flexibility index (Phi) is 3.14. The van der Waals surface area contributed by atoms with Crippen LogP contribution in [0.2, 0.25) is 0 Å². The van der Waals surface area contributed by atoms with Crippen LogP contribution in [-0.2, 0) is 21.9 Å². The zero-order chi connectivity index (χ0) is 12.6. The Hall–Kier alpha value is -1.07. The normalized spacial score (nSPS) is 12.2. The van der Waals surface area contributed by atoms with Crippen LogP contribution in [0.3, 0.4) is 0 Å². The summed E-state index contributed by atoms with van der Waals surface area (Å²) in [6.07, 6.45) is 3.01. The quantitative estimate of drug-likeness (QED) is 0.806. The highest BCUT2D eigenvalue weighted by Gasteiger charge is 2.22. The minimum Gasteiger partial charge on any atom is -0.289 e. The fourth-order valence-electron chi connectivity index (χ4n) is 1.91. The Morgan fingerprint density at radius 2 is 2.06 bits per heavy atom. The van der Waals surface area contributed by atoms with Gasteiger partial charge in [-0.2, -0.15) is 0 Å². The molecule has 0 aliphatic carbocycles. The van der Waals surface area contributed by atoms with Gasteiger partial charge in [0, 0.05) is 16.9 Å². The van der Waals surface area contributed by atoms with Crippen molar-refractivity contribution in [2.24, 2.45) is 0 Å². The summed E-state index contributed by atoms with van der Waals surface area (Å²) in [7, 11) is 1.69. The molecule has 4 nitrogen and oxygen atoms in total. The van der Waals surface area contributed by atoms with Crippen molar-refractivity contribution in [1.29, 1.82) is 0 Å². The molecule has 2 heterocycles. The van der Waals surface area contributed by atoms with Crippen molar-refractivity contribution in [3.8, 4) is 0 Å². The molecule has 2 aromatic rings. The second-order valence-electron chi connectivity index (χ2n) is 3.74. The van der Waals surface area contributed by atoms with Gasteiger partial charge < -0.3 is 0 Å². The van der Waals surface area contributed by atoms with Gasteiger partial charge in [0.1, 0.15) is 5.65 Å². The molecule has 0 atom stereocenters. The van der Waals surface area contributed by atoms with Gasteiger partial charge in [-0.25, -0.2) is 13.4 Å². The van der Waals surface area contributed by atoms with Gasteiger partial charge in [-0.3, -0.25) is 4.40 Å². The molecule has 2 rings (SSSR count). The van der Waals surface area contributed by atoms with Gasteiger partial charge in [0.15, 0.2) is 5.03 Å². The Balaban J connectivity index is 2.91. The molecule has 0 unspecified atom stereocenters. The van der Waals surface area contributed by atoms with Gasteiger partial charge in [0.25, 0.3) is 9.05 Å². The summed E-state index contributed by atoms with van der Waals surface area (Å²) in [5, 5.41) is 0.0898. The first kappa shape index (κ1) is 12.4. The van der Waals surface area contributed by atoms with Crippen molar-refractivity contribution in [3.05, 3.63) is 29.6 Å². The lowest BCUT2D eigenvalue weighted by molar-refractivity contribution is 0.603. The van der Waals surface area contributed by atoms with E-state index >= 15 is 0 Å². The summed E-state index contributed by atoms with van der Waals surface area (Å²) in [6, 6.07) is 3.74. The van der Waals surface area contributed by atoms with Crippen LogP contribution < -0.4 is 0 Å². The van der Waals surface area contributed by atoms with Gasteiger partial charge in [0.05, 0.1) is 5.69 Å². The van der Waals surface area contributed by atoms with E-state index < -0.39 is 9.05 Å². The van der Waals surface area contributed by atoms with Crippen molar-refractivity contribution in [3.63, 3.8) is 0 Å². The molecule has 2 aromatic heterocycles. The second-order valence-corrected chi connectivity index (χ2v) is 6.22. The van der Waals surface area contributed by atoms with Gasteiger partial charge in [-0.05, 0) is 24.5 Å². The molecule has 17 heavy (non-hydrogen) atoms. The van der Waals surface area contributed by atoms with Crippen LogP contribution in [0, 0.1) is 0 Å². The highest BCUT2D eigenvalue weighted by molar-refractivity contribution is 8.13. The Labute approximate surface area is 105 Å². The molecule has 0 N–H and O–H groups in total. The second kappa shape index (κ2) is 4.31. The largest absolute Gasteiger partial charge is 0.289 e. The van der Waals surface area contributed by atoms with Gasteiger partial charge in [0.2, 0.25) is 0 Å². The first-order valence-electron chi connectivity index (χ1n) is 5.42. The van der Waals surface area contributed by atoms with E-state index in [0.717, 1.165) is 12.0 Å². The molecular formula is C11H13ClN2O2S. The Morgan fingerprint density at radius 1 is 1.35 bits per heavy atom. The number of hydrogen-bond acceptors (Lipinski definition) is 3. The summed E-state index contributed by atoms with van der Waals surface area (Å²) < 4.78 is 24.7. The van der Waals surface area contributed by atoms with E-state index in [1.165, 1.54) is 0 Å². The molecular weight excluding hydrogens is 260 g/mol. The number of rotatable bonds is 3. The van der Waals surface area contributed by atoms with Crippen molar-refractivity contribution in [1.82, 2.24) is 9.38 Å². The molecule has 0 saturated carbocycles. The number of aryl methyl sites for hydroxylation is 2. The van der Waals surface area contributed by atoms with E-state index in [1.807, 2.05) is 19.9 Å². The molecule has 0 aliphatic rings. The minimum absolute atomic E-state index is 0.0898. The van der Waals surface area contributed by atoms with Crippen LogP contribution in [0.15, 0.2) is 23.4 Å². The number of pyridine rings is 1. The Bertz CT molecular complexity index is 661. The number of halogens is 1. The molecule has 6 heteroatoms. The number of hydrogen-bond donors (Lipinski definition) is 0. The zero-order valence-electron chi connectivity index (χ0n) is 9.64. The molecule has 0 saturated heterocycles. The average Bonchev–Trinajstić information content (AvgIpc) is 2.66. The first-order valence-corrected chi connectivity index (χ1v) is 7.73. The third-order valence-electron chi connectivity index (χ3n) is 2.70. The smallest absolute Gasteiger partial charge is 0.279 e. The van der Waals surface area contributed by atoms with E-state index in [-0.39, 0.29) is 5.03 Å². The molecule has 0 bridgehead atoms. The summed E-state index contributed by atoms with van der Waals surface area (Å²) in [5.41, 5.74) is 2.20. The third-order valence-corrected chi connectivity index (χ3v) is 4.03. The molecule has 0 aromatic carbocycles. The van der Waals surface area contributed by atoms with E-state index in [2.05, 4.69) is 4.98 Å². The van der Waals surface area contributed by atoms with E-state index in [4.69, 9.17) is 10.7 Å². The molecule has 0 aliphatic heterocycles. The molecule has 0 spiro atoms. The van der Waals surface area contributed by atoms with E-state index in [0.29, 0.717) is 17.8 Å². The van der Waals surface area contributed by atoms with Crippen LogP contribution in [0.5, 0.6) is 0 Å². The lowest BCUT2D eigenvalue weighted by Crippen LogP contribution is -2.00. The SMILES string of the molecule is CCc1nc2c(CC)cccn2c1S(=O)(=O)Cl. The molecule has 0 radical (unpaired) electrons. The Morgan fingerprint density at radius 3 is 2.59 bits per heavy atom. The first-order chi connectivity index (χ1) is 7.99. The molecule has 0 amide bonds.